The van der Waals surface area contributed by atoms with Gasteiger partial charge in [-0.05, 0) is 71.1 Å². The van der Waals surface area contributed by atoms with E-state index < -0.39 is 0 Å². The highest BCUT2D eigenvalue weighted by Crippen LogP contribution is 2.44. The number of imide groups is 2. The first kappa shape index (κ1) is 31.0. The standard InChI is InChI=1S/C40H38N2O4S/c1-3-5-7-9-23-41-37(43)29-15-11-13-27-25(17-19-31(35(27)29)39(41)45)33-21-22-34(47-33)26-18-20-32-36-28(26)14-12-16-30(36)38(44)42(40(32)46)24-10-8-6-4-2/h11-22H,3-10,23-24H2,1-2H3. The second-order valence-electron chi connectivity index (χ2n) is 12.6. The van der Waals surface area contributed by atoms with Crippen LogP contribution in [0.15, 0.2) is 72.8 Å². The van der Waals surface area contributed by atoms with Crippen molar-refractivity contribution in [2.24, 2.45) is 0 Å². The van der Waals surface area contributed by atoms with E-state index in [-0.39, 0.29) is 23.6 Å². The molecule has 0 saturated carbocycles. The fourth-order valence-electron chi connectivity index (χ4n) is 7.15. The van der Waals surface area contributed by atoms with Crippen LogP contribution >= 0.6 is 11.3 Å². The van der Waals surface area contributed by atoms with Crippen LogP contribution in [0, 0.1) is 0 Å². The summed E-state index contributed by atoms with van der Waals surface area (Å²) in [5, 5.41) is 3.20. The van der Waals surface area contributed by atoms with E-state index in [4.69, 9.17) is 0 Å². The highest BCUT2D eigenvalue weighted by Gasteiger charge is 2.34. The summed E-state index contributed by atoms with van der Waals surface area (Å²) in [4.78, 5) is 58.9. The molecule has 7 heteroatoms. The van der Waals surface area contributed by atoms with Crippen molar-refractivity contribution in [2.75, 3.05) is 13.1 Å². The summed E-state index contributed by atoms with van der Waals surface area (Å²) in [5.74, 6) is -0.885. The predicted octanol–water partition coefficient (Wildman–Crippen LogP) is 9.74. The molecule has 0 atom stereocenters. The summed E-state index contributed by atoms with van der Waals surface area (Å²) in [6.07, 6.45) is 7.97. The lowest BCUT2D eigenvalue weighted by molar-refractivity contribution is 0.0592. The first-order chi connectivity index (χ1) is 22.9. The summed E-state index contributed by atoms with van der Waals surface area (Å²) in [5.41, 5.74) is 4.22. The molecule has 3 heterocycles. The third-order valence-corrected chi connectivity index (χ3v) is 10.7. The quantitative estimate of drug-likeness (QED) is 0.100. The van der Waals surface area contributed by atoms with Crippen molar-refractivity contribution in [2.45, 2.75) is 65.2 Å². The van der Waals surface area contributed by atoms with Crippen molar-refractivity contribution in [3.05, 3.63) is 95.1 Å². The van der Waals surface area contributed by atoms with Gasteiger partial charge in [0.2, 0.25) is 0 Å². The molecule has 0 saturated heterocycles. The van der Waals surface area contributed by atoms with Crippen molar-refractivity contribution < 1.29 is 19.2 Å². The number of carbonyl (C=O) groups is 4. The van der Waals surface area contributed by atoms with Crippen molar-refractivity contribution in [1.29, 1.82) is 0 Å². The molecule has 0 N–H and O–H groups in total. The van der Waals surface area contributed by atoms with E-state index in [1.807, 2.05) is 60.7 Å². The van der Waals surface area contributed by atoms with Crippen molar-refractivity contribution in [3.8, 4) is 20.9 Å². The highest BCUT2D eigenvalue weighted by atomic mass is 32.1. The van der Waals surface area contributed by atoms with Gasteiger partial charge in [-0.2, -0.15) is 0 Å². The molecule has 0 bridgehead atoms. The molecule has 1 aromatic heterocycles. The molecule has 2 aliphatic heterocycles. The fourth-order valence-corrected chi connectivity index (χ4v) is 8.23. The molecule has 0 radical (unpaired) electrons. The van der Waals surface area contributed by atoms with Crippen molar-refractivity contribution in [3.63, 3.8) is 0 Å². The number of benzene rings is 4. The largest absolute Gasteiger partial charge is 0.274 e. The second-order valence-corrected chi connectivity index (χ2v) is 13.7. The van der Waals surface area contributed by atoms with Gasteiger partial charge in [0.05, 0.1) is 0 Å². The monoisotopic (exact) mass is 642 g/mol. The Morgan fingerprint density at radius 3 is 1.23 bits per heavy atom. The third-order valence-electron chi connectivity index (χ3n) is 9.59. The van der Waals surface area contributed by atoms with Crippen LogP contribution in [0.2, 0.25) is 0 Å². The van der Waals surface area contributed by atoms with Crippen LogP contribution < -0.4 is 0 Å². The van der Waals surface area contributed by atoms with Crippen LogP contribution in [-0.4, -0.2) is 46.5 Å². The lowest BCUT2D eigenvalue weighted by Gasteiger charge is -2.28. The number of amides is 4. The zero-order valence-corrected chi connectivity index (χ0v) is 27.8. The fraction of sp³-hybridized carbons (Fsp3) is 0.300. The van der Waals surface area contributed by atoms with Crippen LogP contribution in [0.25, 0.3) is 42.4 Å². The average molecular weight is 643 g/mol. The van der Waals surface area contributed by atoms with Crippen LogP contribution in [-0.2, 0) is 0 Å². The number of unbranched alkanes of at least 4 members (excludes halogenated alkanes) is 6. The minimum Gasteiger partial charge on any atom is -0.274 e. The molecule has 6 nitrogen and oxygen atoms in total. The molecule has 0 fully saturated rings. The normalized spacial score (nSPS) is 14.3. The SMILES string of the molecule is CCCCCCN1C(=O)c2cccc3c(-c4ccc(-c5ccc6c7c(cccc57)C(=O)N(CCCCCC)C6=O)s4)ccc(c23)C1=O. The van der Waals surface area contributed by atoms with E-state index in [2.05, 4.69) is 26.0 Å². The predicted molar refractivity (Wildman–Crippen MR) is 189 cm³/mol. The maximum Gasteiger partial charge on any atom is 0.261 e. The van der Waals surface area contributed by atoms with Gasteiger partial charge in [0.1, 0.15) is 0 Å². The lowest BCUT2D eigenvalue weighted by Crippen LogP contribution is -2.40. The highest BCUT2D eigenvalue weighted by molar-refractivity contribution is 7.19. The number of rotatable bonds is 12. The molecule has 47 heavy (non-hydrogen) atoms. The van der Waals surface area contributed by atoms with Gasteiger partial charge in [-0.1, -0.05) is 88.8 Å². The Morgan fingerprint density at radius 2 is 0.830 bits per heavy atom. The first-order valence-electron chi connectivity index (χ1n) is 16.9. The van der Waals surface area contributed by atoms with Gasteiger partial charge in [-0.15, -0.1) is 11.3 Å². The Hall–Kier alpha value is -4.62. The third kappa shape index (κ3) is 5.27. The van der Waals surface area contributed by atoms with E-state index in [0.717, 1.165) is 93.8 Å². The molecule has 0 aliphatic carbocycles. The molecule has 4 amide bonds. The number of nitrogens with zero attached hydrogens (tertiary/aromatic N) is 2. The Balaban J connectivity index is 1.23. The van der Waals surface area contributed by atoms with Crippen LogP contribution in [0.5, 0.6) is 0 Å². The zero-order valence-electron chi connectivity index (χ0n) is 26.9. The minimum atomic E-state index is -0.221. The molecular weight excluding hydrogens is 605 g/mol. The van der Waals surface area contributed by atoms with Gasteiger partial charge in [-0.3, -0.25) is 29.0 Å². The van der Waals surface area contributed by atoms with Gasteiger partial charge >= 0.3 is 0 Å². The Kier molecular flexibility index (Phi) is 8.50. The van der Waals surface area contributed by atoms with E-state index >= 15 is 0 Å². The maximum atomic E-state index is 13.5. The summed E-state index contributed by atoms with van der Waals surface area (Å²) in [7, 11) is 0. The van der Waals surface area contributed by atoms with E-state index in [0.29, 0.717) is 35.3 Å². The smallest absolute Gasteiger partial charge is 0.261 e. The molecule has 4 aromatic carbocycles. The number of carbonyl (C=O) groups excluding carboxylic acids is 4. The Bertz CT molecular complexity index is 1890. The van der Waals surface area contributed by atoms with Gasteiger partial charge in [0, 0.05) is 55.9 Å². The zero-order chi connectivity index (χ0) is 32.7. The van der Waals surface area contributed by atoms with Crippen molar-refractivity contribution in [1.82, 2.24) is 9.80 Å². The minimum absolute atomic E-state index is 0.221. The Morgan fingerprint density at radius 1 is 0.447 bits per heavy atom. The van der Waals surface area contributed by atoms with E-state index in [1.54, 1.807) is 11.3 Å². The molecule has 238 valence electrons. The molecule has 5 aromatic rings. The molecule has 7 rings (SSSR count). The lowest BCUT2D eigenvalue weighted by atomic mass is 9.90. The molecule has 0 unspecified atom stereocenters. The first-order valence-corrected chi connectivity index (χ1v) is 17.7. The molecular formula is C40H38N2O4S. The summed E-state index contributed by atoms with van der Waals surface area (Å²) >= 11 is 1.62. The van der Waals surface area contributed by atoms with E-state index in [9.17, 15) is 19.2 Å². The van der Waals surface area contributed by atoms with Crippen LogP contribution in [0.1, 0.15) is 107 Å². The van der Waals surface area contributed by atoms with Gasteiger partial charge in [0.25, 0.3) is 23.6 Å². The number of hydrogen-bond donors (Lipinski definition) is 0. The van der Waals surface area contributed by atoms with Gasteiger partial charge < -0.3 is 0 Å². The maximum absolute atomic E-state index is 13.5. The second kappa shape index (κ2) is 12.9. The van der Waals surface area contributed by atoms with Crippen molar-refractivity contribution >= 4 is 56.5 Å². The van der Waals surface area contributed by atoms with Gasteiger partial charge in [-0.25, -0.2) is 0 Å². The number of hydrogen-bond acceptors (Lipinski definition) is 5. The van der Waals surface area contributed by atoms with Crippen LogP contribution in [0.4, 0.5) is 0 Å². The summed E-state index contributed by atoms with van der Waals surface area (Å²) in [6, 6.07) is 23.3. The van der Waals surface area contributed by atoms with Crippen LogP contribution in [0.3, 0.4) is 0 Å². The average Bonchev–Trinajstić information content (AvgIpc) is 3.58. The molecule has 2 aliphatic rings. The topological polar surface area (TPSA) is 74.8 Å². The Labute approximate surface area is 279 Å². The molecule has 0 spiro atoms. The van der Waals surface area contributed by atoms with Gasteiger partial charge in [0.15, 0.2) is 0 Å². The summed E-state index contributed by atoms with van der Waals surface area (Å²) in [6.45, 7) is 5.16. The summed E-state index contributed by atoms with van der Waals surface area (Å²) < 4.78 is 0. The number of thiophene rings is 1. The van der Waals surface area contributed by atoms with E-state index in [1.165, 1.54) is 9.80 Å².